The predicted molar refractivity (Wildman–Crippen MR) is 122 cm³/mol. The number of halogens is 1. The van der Waals surface area contributed by atoms with Gasteiger partial charge in [-0.15, -0.1) is 0 Å². The molecule has 11 heteroatoms. The zero-order valence-electron chi connectivity index (χ0n) is 18.2. The first-order valence-electron chi connectivity index (χ1n) is 9.84. The fraction of sp³-hybridized carbons (Fsp3) is 0.174. The van der Waals surface area contributed by atoms with E-state index in [1.807, 2.05) is 0 Å². The van der Waals surface area contributed by atoms with Crippen molar-refractivity contribution in [2.24, 2.45) is 0 Å². The molecule has 2 aromatic rings. The standard InChI is InChI=1S/C23H18BrNO8S/c1-12-4-7-14(8-5-12)34(29,30)25-11-16-20(26)15-10-13(24)6-9-17(15)33-21(16)18(22(27)31-2)19(25)23(28)32-3/h4-11,21H,1-3H3. The van der Waals surface area contributed by atoms with Gasteiger partial charge in [0.15, 0.2) is 17.6 Å². The normalized spacial score (nSPS) is 17.3. The first kappa shape index (κ1) is 23.7. The van der Waals surface area contributed by atoms with Crippen molar-refractivity contribution < 1.29 is 37.0 Å². The Bertz CT molecular complexity index is 1390. The molecule has 0 fully saturated rings. The Hall–Kier alpha value is -3.44. The molecular weight excluding hydrogens is 530 g/mol. The number of nitrogens with zero attached hydrogens (tertiary/aromatic N) is 1. The molecule has 0 saturated heterocycles. The van der Waals surface area contributed by atoms with E-state index < -0.39 is 45.1 Å². The largest absolute Gasteiger partial charge is 0.480 e. The number of benzene rings is 2. The van der Waals surface area contributed by atoms with Gasteiger partial charge in [0.25, 0.3) is 10.0 Å². The fourth-order valence-electron chi connectivity index (χ4n) is 3.65. The van der Waals surface area contributed by atoms with E-state index >= 15 is 0 Å². The van der Waals surface area contributed by atoms with E-state index in [1.165, 1.54) is 24.3 Å². The molecule has 0 bridgehead atoms. The van der Waals surface area contributed by atoms with Crippen LogP contribution in [0.4, 0.5) is 0 Å². The third kappa shape index (κ3) is 3.80. The number of esters is 2. The number of ketones is 1. The van der Waals surface area contributed by atoms with Crippen LogP contribution in [0.1, 0.15) is 15.9 Å². The van der Waals surface area contributed by atoms with Crippen LogP contribution < -0.4 is 4.74 Å². The first-order valence-corrected chi connectivity index (χ1v) is 12.1. The number of fused-ring (bicyclic) bond motifs is 2. The van der Waals surface area contributed by atoms with Crippen LogP contribution in [0.3, 0.4) is 0 Å². The molecule has 1 atom stereocenters. The highest BCUT2D eigenvalue weighted by Gasteiger charge is 2.48. The van der Waals surface area contributed by atoms with Gasteiger partial charge in [-0.1, -0.05) is 33.6 Å². The Morgan fingerprint density at radius 3 is 2.29 bits per heavy atom. The molecule has 0 spiro atoms. The zero-order chi connectivity index (χ0) is 24.8. The average molecular weight is 548 g/mol. The number of ether oxygens (including phenoxy) is 3. The Labute approximate surface area is 203 Å². The number of methoxy groups -OCH3 is 2. The summed E-state index contributed by atoms with van der Waals surface area (Å²) in [6, 6.07) is 10.6. The lowest BCUT2D eigenvalue weighted by Gasteiger charge is -2.36. The van der Waals surface area contributed by atoms with E-state index in [9.17, 15) is 22.8 Å². The van der Waals surface area contributed by atoms with Gasteiger partial charge in [0, 0.05) is 10.7 Å². The lowest BCUT2D eigenvalue weighted by molar-refractivity contribution is -0.141. The Morgan fingerprint density at radius 2 is 1.68 bits per heavy atom. The molecule has 34 heavy (non-hydrogen) atoms. The van der Waals surface area contributed by atoms with Gasteiger partial charge in [0.1, 0.15) is 11.3 Å². The van der Waals surface area contributed by atoms with Crippen molar-refractivity contribution in [3.63, 3.8) is 0 Å². The molecular formula is C23H18BrNO8S. The van der Waals surface area contributed by atoms with E-state index in [2.05, 4.69) is 15.9 Å². The molecule has 9 nitrogen and oxygen atoms in total. The van der Waals surface area contributed by atoms with Crippen LogP contribution in [0, 0.1) is 6.92 Å². The van der Waals surface area contributed by atoms with Crippen molar-refractivity contribution in [1.82, 2.24) is 4.31 Å². The maximum atomic E-state index is 13.6. The monoisotopic (exact) mass is 547 g/mol. The van der Waals surface area contributed by atoms with Gasteiger partial charge in [-0.3, -0.25) is 4.79 Å². The maximum Gasteiger partial charge on any atom is 0.356 e. The molecule has 176 valence electrons. The van der Waals surface area contributed by atoms with E-state index in [0.29, 0.717) is 8.78 Å². The summed E-state index contributed by atoms with van der Waals surface area (Å²) in [5.41, 5.74) is -0.279. The highest BCUT2D eigenvalue weighted by Crippen LogP contribution is 2.41. The lowest BCUT2D eigenvalue weighted by atomic mass is 9.88. The fourth-order valence-corrected chi connectivity index (χ4v) is 5.38. The number of Topliss-reactive ketones (excluding diaryl/α,β-unsaturated/α-hetero) is 1. The summed E-state index contributed by atoms with van der Waals surface area (Å²) in [4.78, 5) is 38.9. The van der Waals surface area contributed by atoms with Crippen LogP contribution in [0.15, 0.2) is 74.9 Å². The Balaban J connectivity index is 2.01. The van der Waals surface area contributed by atoms with Crippen molar-refractivity contribution >= 4 is 43.7 Å². The van der Waals surface area contributed by atoms with Gasteiger partial charge in [0.05, 0.1) is 30.3 Å². The van der Waals surface area contributed by atoms with Crippen LogP contribution in [0.2, 0.25) is 0 Å². The molecule has 2 heterocycles. The van der Waals surface area contributed by atoms with Crippen LogP contribution in [-0.4, -0.2) is 50.8 Å². The van der Waals surface area contributed by atoms with Crippen molar-refractivity contribution in [2.75, 3.05) is 14.2 Å². The molecule has 2 aliphatic rings. The quantitative estimate of drug-likeness (QED) is 0.536. The van der Waals surface area contributed by atoms with E-state index in [-0.39, 0.29) is 21.8 Å². The molecule has 0 N–H and O–H groups in total. The Morgan fingerprint density at radius 1 is 1.03 bits per heavy atom. The number of carbonyl (C=O) groups is 3. The number of carbonyl (C=O) groups excluding carboxylic acids is 3. The third-order valence-corrected chi connectivity index (χ3v) is 7.50. The van der Waals surface area contributed by atoms with E-state index in [0.717, 1.165) is 26.0 Å². The summed E-state index contributed by atoms with van der Waals surface area (Å²) < 4.78 is 43.9. The minimum atomic E-state index is -4.44. The van der Waals surface area contributed by atoms with Gasteiger partial charge in [-0.2, -0.15) is 0 Å². The summed E-state index contributed by atoms with van der Waals surface area (Å²) in [5.74, 6) is -2.57. The van der Waals surface area contributed by atoms with E-state index in [1.54, 1.807) is 25.1 Å². The smallest absolute Gasteiger partial charge is 0.356 e. The molecule has 0 radical (unpaired) electrons. The predicted octanol–water partition coefficient (Wildman–Crippen LogP) is 2.89. The highest BCUT2D eigenvalue weighted by molar-refractivity contribution is 9.10. The van der Waals surface area contributed by atoms with Crippen molar-refractivity contribution in [3.8, 4) is 5.75 Å². The average Bonchev–Trinajstić information content (AvgIpc) is 2.82. The van der Waals surface area contributed by atoms with Crippen LogP contribution >= 0.6 is 15.9 Å². The minimum absolute atomic E-state index is 0.158. The number of rotatable bonds is 4. The summed E-state index contributed by atoms with van der Waals surface area (Å²) in [6.45, 7) is 1.78. The van der Waals surface area contributed by atoms with Crippen molar-refractivity contribution in [2.45, 2.75) is 17.9 Å². The second-order valence-electron chi connectivity index (χ2n) is 7.41. The molecule has 0 amide bonds. The number of aryl methyl sites for hydroxylation is 1. The van der Waals surface area contributed by atoms with Gasteiger partial charge < -0.3 is 14.2 Å². The molecule has 0 aliphatic carbocycles. The topological polar surface area (TPSA) is 116 Å². The SMILES string of the molecule is COC(=O)C1=C(C(=O)OC)N(S(=O)(=O)c2ccc(C)cc2)C=C2C(=O)c3cc(Br)ccc3OC21. The molecule has 0 saturated carbocycles. The van der Waals surface area contributed by atoms with Crippen LogP contribution in [0.25, 0.3) is 0 Å². The second kappa shape index (κ2) is 8.73. The van der Waals surface area contributed by atoms with Gasteiger partial charge in [0.2, 0.25) is 0 Å². The minimum Gasteiger partial charge on any atom is -0.480 e. The molecule has 2 aromatic carbocycles. The van der Waals surface area contributed by atoms with Crippen molar-refractivity contribution in [1.29, 1.82) is 0 Å². The third-order valence-electron chi connectivity index (χ3n) is 5.33. The van der Waals surface area contributed by atoms with Crippen molar-refractivity contribution in [3.05, 3.63) is 81.1 Å². The zero-order valence-corrected chi connectivity index (χ0v) is 20.6. The van der Waals surface area contributed by atoms with E-state index in [4.69, 9.17) is 14.2 Å². The summed E-state index contributed by atoms with van der Waals surface area (Å²) in [5, 5.41) is 0. The molecule has 2 aliphatic heterocycles. The highest BCUT2D eigenvalue weighted by atomic mass is 79.9. The maximum absolute atomic E-state index is 13.6. The molecule has 0 aromatic heterocycles. The van der Waals surface area contributed by atoms with Gasteiger partial charge >= 0.3 is 11.9 Å². The first-order chi connectivity index (χ1) is 16.1. The van der Waals surface area contributed by atoms with Gasteiger partial charge in [-0.25, -0.2) is 22.3 Å². The Kier molecular flexibility index (Phi) is 6.09. The molecule has 4 rings (SSSR count). The van der Waals surface area contributed by atoms with Crippen LogP contribution in [-0.2, 0) is 29.1 Å². The summed E-state index contributed by atoms with van der Waals surface area (Å²) >= 11 is 3.29. The van der Waals surface area contributed by atoms with Crippen LogP contribution in [0.5, 0.6) is 5.75 Å². The summed E-state index contributed by atoms with van der Waals surface area (Å²) in [7, 11) is -2.34. The number of sulfonamides is 1. The summed E-state index contributed by atoms with van der Waals surface area (Å²) in [6.07, 6.45) is -0.391. The number of hydrogen-bond acceptors (Lipinski definition) is 8. The number of hydrogen-bond donors (Lipinski definition) is 0. The van der Waals surface area contributed by atoms with Gasteiger partial charge in [-0.05, 0) is 37.3 Å². The lowest BCUT2D eigenvalue weighted by Crippen LogP contribution is -2.45. The molecule has 1 unspecified atom stereocenters. The second-order valence-corrected chi connectivity index (χ2v) is 10.1.